The first kappa shape index (κ1) is 17.0. The minimum absolute atomic E-state index is 0.0913. The quantitative estimate of drug-likeness (QED) is 0.705. The summed E-state index contributed by atoms with van der Waals surface area (Å²) in [6.45, 7) is 2.42. The van der Waals surface area contributed by atoms with Crippen LogP contribution in [-0.4, -0.2) is 27.5 Å². The predicted octanol–water partition coefficient (Wildman–Crippen LogP) is 5.01. The molecule has 1 fully saturated rings. The van der Waals surface area contributed by atoms with Gasteiger partial charge in [-0.05, 0) is 42.5 Å². The third-order valence-electron chi connectivity index (χ3n) is 3.36. The van der Waals surface area contributed by atoms with Gasteiger partial charge in [0, 0.05) is 24.0 Å². The molecule has 0 unspecified atom stereocenters. The lowest BCUT2D eigenvalue weighted by molar-refractivity contribution is -0.122. The maximum atomic E-state index is 12.6. The molecule has 2 aromatic rings. The number of halogens is 2. The van der Waals surface area contributed by atoms with E-state index in [1.165, 1.54) is 18.0 Å². The lowest BCUT2D eigenvalue weighted by Crippen LogP contribution is -2.28. The zero-order valence-electron chi connectivity index (χ0n) is 12.7. The maximum Gasteiger partial charge on any atom is 0.266 e. The lowest BCUT2D eigenvalue weighted by Gasteiger charge is -2.12. The second-order valence-electron chi connectivity index (χ2n) is 4.90. The Hall–Kier alpha value is -1.82. The number of thioether (sulfide) groups is 1. The number of carbonyl (C=O) groups excluding carboxylic acids is 1. The average molecular weight is 378 g/mol. The standard InChI is InChI=1S/C17H13Cl2N3OS/c1-2-22-16(23)15(9-11-5-3-4-6-12(11)18)24-17(22)21-14-7-8-20-10-13(14)19/h3-10H,2H2,1H3/b15-9-,21-17?. The number of benzene rings is 1. The highest BCUT2D eigenvalue weighted by atomic mass is 35.5. The van der Waals surface area contributed by atoms with E-state index in [2.05, 4.69) is 9.98 Å². The van der Waals surface area contributed by atoms with Crippen molar-refractivity contribution in [1.29, 1.82) is 0 Å². The van der Waals surface area contributed by atoms with Gasteiger partial charge >= 0.3 is 0 Å². The average Bonchev–Trinajstić information content (AvgIpc) is 2.87. The number of aromatic nitrogens is 1. The van der Waals surface area contributed by atoms with Gasteiger partial charge in [0.1, 0.15) is 0 Å². The molecule has 4 nitrogen and oxygen atoms in total. The van der Waals surface area contributed by atoms with Gasteiger partial charge < -0.3 is 0 Å². The molecule has 0 aliphatic carbocycles. The van der Waals surface area contributed by atoms with Crippen LogP contribution in [0.1, 0.15) is 12.5 Å². The van der Waals surface area contributed by atoms with Crippen LogP contribution in [0.3, 0.4) is 0 Å². The number of amides is 1. The van der Waals surface area contributed by atoms with E-state index >= 15 is 0 Å². The Balaban J connectivity index is 1.98. The molecule has 0 bridgehead atoms. The summed E-state index contributed by atoms with van der Waals surface area (Å²) in [6, 6.07) is 9.11. The number of hydrogen-bond acceptors (Lipinski definition) is 4. The molecule has 0 atom stereocenters. The van der Waals surface area contributed by atoms with Crippen molar-refractivity contribution < 1.29 is 4.79 Å². The summed E-state index contributed by atoms with van der Waals surface area (Å²) in [6.07, 6.45) is 4.93. The minimum Gasteiger partial charge on any atom is -0.287 e. The first-order chi connectivity index (χ1) is 11.6. The monoisotopic (exact) mass is 377 g/mol. The van der Waals surface area contributed by atoms with E-state index in [1.54, 1.807) is 29.3 Å². The summed E-state index contributed by atoms with van der Waals surface area (Å²) in [4.78, 5) is 23.3. The Bertz CT molecular complexity index is 851. The maximum absolute atomic E-state index is 12.6. The second-order valence-corrected chi connectivity index (χ2v) is 6.73. The van der Waals surface area contributed by atoms with Gasteiger partial charge in [-0.1, -0.05) is 41.4 Å². The summed E-state index contributed by atoms with van der Waals surface area (Å²) in [7, 11) is 0. The lowest BCUT2D eigenvalue weighted by atomic mass is 10.2. The van der Waals surface area contributed by atoms with Gasteiger partial charge in [0.2, 0.25) is 0 Å². The van der Waals surface area contributed by atoms with Crippen molar-refractivity contribution in [2.75, 3.05) is 6.54 Å². The second kappa shape index (κ2) is 7.38. The molecule has 0 saturated carbocycles. The van der Waals surface area contributed by atoms with Crippen molar-refractivity contribution in [3.63, 3.8) is 0 Å². The van der Waals surface area contributed by atoms with E-state index in [0.717, 1.165) is 5.56 Å². The topological polar surface area (TPSA) is 45.6 Å². The van der Waals surface area contributed by atoms with Gasteiger partial charge in [0.25, 0.3) is 5.91 Å². The van der Waals surface area contributed by atoms with Crippen LogP contribution in [0.25, 0.3) is 6.08 Å². The van der Waals surface area contributed by atoms with Crippen molar-refractivity contribution in [3.05, 3.63) is 63.2 Å². The van der Waals surface area contributed by atoms with Gasteiger partial charge in [-0.3, -0.25) is 14.7 Å². The Kier molecular flexibility index (Phi) is 5.23. The number of carbonyl (C=O) groups is 1. The normalized spacial score (nSPS) is 18.0. The van der Waals surface area contributed by atoms with Crippen LogP contribution >= 0.6 is 35.0 Å². The largest absolute Gasteiger partial charge is 0.287 e. The third kappa shape index (κ3) is 3.48. The SMILES string of the molecule is CCN1C(=O)/C(=C/c2ccccc2Cl)SC1=Nc1ccncc1Cl. The number of aliphatic imine (C=N–C) groups is 1. The molecule has 1 aromatic heterocycles. The summed E-state index contributed by atoms with van der Waals surface area (Å²) in [5.41, 5.74) is 1.38. The molecule has 2 heterocycles. The van der Waals surface area contributed by atoms with E-state index < -0.39 is 0 Å². The summed E-state index contributed by atoms with van der Waals surface area (Å²) < 4.78 is 0. The zero-order chi connectivity index (χ0) is 17.1. The van der Waals surface area contributed by atoms with E-state index in [-0.39, 0.29) is 5.91 Å². The molecule has 1 aliphatic heterocycles. The summed E-state index contributed by atoms with van der Waals surface area (Å²) in [5.74, 6) is -0.0913. The fourth-order valence-electron chi connectivity index (χ4n) is 2.17. The van der Waals surface area contributed by atoms with Crippen LogP contribution in [0.4, 0.5) is 5.69 Å². The number of nitrogens with zero attached hydrogens (tertiary/aromatic N) is 3. The molecule has 1 aliphatic rings. The molecule has 1 amide bonds. The van der Waals surface area contributed by atoms with Gasteiger partial charge in [-0.2, -0.15) is 0 Å². The molecule has 1 saturated heterocycles. The van der Waals surface area contributed by atoms with Crippen molar-refractivity contribution in [1.82, 2.24) is 9.88 Å². The first-order valence-electron chi connectivity index (χ1n) is 7.24. The van der Waals surface area contributed by atoms with E-state index in [1.807, 2.05) is 25.1 Å². The summed E-state index contributed by atoms with van der Waals surface area (Å²) >= 11 is 13.6. The van der Waals surface area contributed by atoms with Crippen LogP contribution < -0.4 is 0 Å². The van der Waals surface area contributed by atoms with Crippen molar-refractivity contribution >= 4 is 57.8 Å². The molecule has 0 N–H and O–H groups in total. The van der Waals surface area contributed by atoms with Gasteiger partial charge in [0.05, 0.1) is 15.6 Å². The van der Waals surface area contributed by atoms with Crippen molar-refractivity contribution in [2.24, 2.45) is 4.99 Å². The molecular formula is C17H13Cl2N3OS. The number of amidine groups is 1. The fourth-order valence-corrected chi connectivity index (χ4v) is 3.56. The molecule has 122 valence electrons. The Morgan fingerprint density at radius 3 is 2.75 bits per heavy atom. The Morgan fingerprint density at radius 2 is 2.04 bits per heavy atom. The van der Waals surface area contributed by atoms with E-state index in [4.69, 9.17) is 23.2 Å². The third-order valence-corrected chi connectivity index (χ3v) is 5.01. The number of rotatable bonds is 3. The highest BCUT2D eigenvalue weighted by Gasteiger charge is 2.32. The van der Waals surface area contributed by atoms with Gasteiger partial charge in [-0.15, -0.1) is 0 Å². The predicted molar refractivity (Wildman–Crippen MR) is 101 cm³/mol. The van der Waals surface area contributed by atoms with Crippen molar-refractivity contribution in [3.8, 4) is 0 Å². The molecule has 1 aromatic carbocycles. The number of hydrogen-bond donors (Lipinski definition) is 0. The van der Waals surface area contributed by atoms with E-state index in [9.17, 15) is 4.79 Å². The highest BCUT2D eigenvalue weighted by molar-refractivity contribution is 8.18. The molecular weight excluding hydrogens is 365 g/mol. The number of pyridine rings is 1. The number of likely N-dealkylation sites (N-methyl/N-ethyl adjacent to an activating group) is 1. The van der Waals surface area contributed by atoms with Gasteiger partial charge in [0.15, 0.2) is 5.17 Å². The molecule has 0 spiro atoms. The van der Waals surface area contributed by atoms with Crippen LogP contribution in [0.2, 0.25) is 10.0 Å². The van der Waals surface area contributed by atoms with Crippen LogP contribution in [-0.2, 0) is 4.79 Å². The molecule has 7 heteroatoms. The van der Waals surface area contributed by atoms with Crippen LogP contribution in [0, 0.1) is 0 Å². The molecule has 24 heavy (non-hydrogen) atoms. The fraction of sp³-hybridized carbons (Fsp3) is 0.118. The first-order valence-corrected chi connectivity index (χ1v) is 8.81. The Morgan fingerprint density at radius 1 is 1.25 bits per heavy atom. The summed E-state index contributed by atoms with van der Waals surface area (Å²) in [5, 5.41) is 1.63. The smallest absolute Gasteiger partial charge is 0.266 e. The Labute approximate surface area is 154 Å². The van der Waals surface area contributed by atoms with E-state index in [0.29, 0.717) is 32.4 Å². The highest BCUT2D eigenvalue weighted by Crippen LogP contribution is 2.36. The van der Waals surface area contributed by atoms with Crippen LogP contribution in [0.5, 0.6) is 0 Å². The molecule has 0 radical (unpaired) electrons. The minimum atomic E-state index is -0.0913. The van der Waals surface area contributed by atoms with Crippen molar-refractivity contribution in [2.45, 2.75) is 6.92 Å². The van der Waals surface area contributed by atoms with Gasteiger partial charge in [-0.25, -0.2) is 4.99 Å². The zero-order valence-corrected chi connectivity index (χ0v) is 15.1. The molecule has 3 rings (SSSR count). The van der Waals surface area contributed by atoms with Crippen LogP contribution in [0.15, 0.2) is 52.6 Å².